The Hall–Kier alpha value is -2.55. The van der Waals surface area contributed by atoms with E-state index in [1.165, 1.54) is 11.8 Å². The minimum atomic E-state index is -0.318. The summed E-state index contributed by atoms with van der Waals surface area (Å²) in [6.45, 7) is 3.78. The van der Waals surface area contributed by atoms with Crippen LogP contribution in [-0.2, 0) is 4.79 Å². The van der Waals surface area contributed by atoms with Crippen molar-refractivity contribution in [1.29, 1.82) is 0 Å². The van der Waals surface area contributed by atoms with E-state index in [4.69, 9.17) is 0 Å². The number of hydrogen-bond acceptors (Lipinski definition) is 5. The van der Waals surface area contributed by atoms with Crippen LogP contribution >= 0.6 is 11.8 Å². The van der Waals surface area contributed by atoms with Gasteiger partial charge in [0, 0.05) is 11.7 Å². The number of nitrogens with one attached hydrogen (secondary N) is 3. The number of aryl methyl sites for hydroxylation is 1. The second-order valence-electron chi connectivity index (χ2n) is 6.22. The maximum atomic E-state index is 12.5. The molecule has 8 nitrogen and oxygen atoms in total. The summed E-state index contributed by atoms with van der Waals surface area (Å²) in [4.78, 5) is 29.2. The quantitative estimate of drug-likeness (QED) is 0.606. The van der Waals surface area contributed by atoms with Gasteiger partial charge in [-0.2, -0.15) is 0 Å². The van der Waals surface area contributed by atoms with E-state index >= 15 is 0 Å². The monoisotopic (exact) mass is 358 g/mol. The van der Waals surface area contributed by atoms with Gasteiger partial charge in [0.05, 0.1) is 16.3 Å². The number of imidazole rings is 1. The predicted octanol–water partition coefficient (Wildman–Crippen LogP) is 2.21. The predicted molar refractivity (Wildman–Crippen MR) is 95.9 cm³/mol. The fourth-order valence-corrected chi connectivity index (χ4v) is 3.71. The first kappa shape index (κ1) is 15.9. The van der Waals surface area contributed by atoms with Crippen molar-refractivity contribution >= 4 is 34.4 Å². The van der Waals surface area contributed by atoms with Gasteiger partial charge in [0.25, 0.3) is 0 Å². The molecule has 0 radical (unpaired) electrons. The zero-order valence-electron chi connectivity index (χ0n) is 13.9. The lowest BCUT2D eigenvalue weighted by Crippen LogP contribution is -2.23. The number of H-pyrrole nitrogens is 2. The number of carbonyl (C=O) groups is 1. The van der Waals surface area contributed by atoms with Crippen LogP contribution < -0.4 is 11.0 Å². The minimum Gasteiger partial charge on any atom is -0.325 e. The summed E-state index contributed by atoms with van der Waals surface area (Å²) in [6.07, 6.45) is 2.28. The summed E-state index contributed by atoms with van der Waals surface area (Å²) in [6, 6.07) is 5.73. The number of aromatic amines is 2. The van der Waals surface area contributed by atoms with Crippen LogP contribution in [0.5, 0.6) is 0 Å². The number of fused-ring (bicyclic) bond motifs is 1. The van der Waals surface area contributed by atoms with Gasteiger partial charge in [-0.05, 0) is 44.9 Å². The Morgan fingerprint density at radius 2 is 2.08 bits per heavy atom. The molecule has 1 fully saturated rings. The van der Waals surface area contributed by atoms with Crippen molar-refractivity contribution in [2.45, 2.75) is 43.1 Å². The molecule has 2 heterocycles. The van der Waals surface area contributed by atoms with Crippen molar-refractivity contribution in [1.82, 2.24) is 24.7 Å². The third-order valence-electron chi connectivity index (χ3n) is 4.18. The van der Waals surface area contributed by atoms with E-state index in [2.05, 4.69) is 30.0 Å². The Morgan fingerprint density at radius 1 is 1.32 bits per heavy atom. The average Bonchev–Trinajstić information content (AvgIpc) is 3.23. The lowest BCUT2D eigenvalue weighted by atomic mass is 10.2. The van der Waals surface area contributed by atoms with Gasteiger partial charge in [-0.3, -0.25) is 4.79 Å². The molecule has 0 saturated heterocycles. The van der Waals surface area contributed by atoms with E-state index in [1.807, 2.05) is 13.8 Å². The van der Waals surface area contributed by atoms with E-state index in [9.17, 15) is 9.59 Å². The van der Waals surface area contributed by atoms with E-state index in [1.54, 1.807) is 18.2 Å². The van der Waals surface area contributed by atoms with Gasteiger partial charge in [-0.1, -0.05) is 11.8 Å². The summed E-state index contributed by atoms with van der Waals surface area (Å²) in [5.74, 6) is 0.768. The smallest absolute Gasteiger partial charge is 0.323 e. The highest BCUT2D eigenvalue weighted by molar-refractivity contribution is 8.00. The molecule has 1 atom stereocenters. The van der Waals surface area contributed by atoms with Crippen molar-refractivity contribution in [2.75, 3.05) is 5.32 Å². The molecule has 25 heavy (non-hydrogen) atoms. The largest absolute Gasteiger partial charge is 0.325 e. The topological polar surface area (TPSA) is 108 Å². The van der Waals surface area contributed by atoms with Gasteiger partial charge in [-0.25, -0.2) is 4.79 Å². The van der Waals surface area contributed by atoms with Crippen LogP contribution in [0.15, 0.2) is 28.2 Å². The number of anilines is 1. The van der Waals surface area contributed by atoms with E-state index < -0.39 is 0 Å². The Kier molecular flexibility index (Phi) is 3.87. The maximum absolute atomic E-state index is 12.5. The second kappa shape index (κ2) is 6.07. The highest BCUT2D eigenvalue weighted by atomic mass is 32.2. The number of nitrogens with zero attached hydrogens (tertiary/aromatic N) is 3. The van der Waals surface area contributed by atoms with E-state index in [-0.39, 0.29) is 16.8 Å². The van der Waals surface area contributed by atoms with Crippen LogP contribution in [0.2, 0.25) is 0 Å². The second-order valence-corrected chi connectivity index (χ2v) is 7.53. The number of benzene rings is 1. The average molecular weight is 358 g/mol. The number of rotatable bonds is 5. The number of hydrogen-bond donors (Lipinski definition) is 3. The number of thioether (sulfide) groups is 1. The molecule has 0 spiro atoms. The van der Waals surface area contributed by atoms with Crippen LogP contribution in [-0.4, -0.2) is 35.9 Å². The summed E-state index contributed by atoms with van der Waals surface area (Å²) in [5.41, 5.74) is 1.74. The fraction of sp³-hybridized carbons (Fsp3) is 0.375. The fourth-order valence-electron chi connectivity index (χ4n) is 2.75. The summed E-state index contributed by atoms with van der Waals surface area (Å²) in [7, 11) is 0. The molecule has 0 aliphatic heterocycles. The van der Waals surface area contributed by atoms with Crippen LogP contribution in [0.4, 0.5) is 5.69 Å². The lowest BCUT2D eigenvalue weighted by Gasteiger charge is -2.12. The SMILES string of the molecule is Cc1nnc(S[C@@H](C)C(=O)Nc2ccc3[nH]c(=O)[nH]c3c2)n1C1CC1. The highest BCUT2D eigenvalue weighted by Gasteiger charge is 2.29. The van der Waals surface area contributed by atoms with Gasteiger partial charge in [-0.15, -0.1) is 10.2 Å². The minimum absolute atomic E-state index is 0.120. The standard InChI is InChI=1S/C16H18N6O2S/c1-8(25-16-21-20-9(2)22(16)11-4-5-11)14(23)17-10-3-6-12-13(7-10)19-15(24)18-12/h3,6-8,11H,4-5H2,1-2H3,(H,17,23)(H2,18,19,24)/t8-/m0/s1. The Bertz CT molecular complexity index is 1000. The molecule has 4 rings (SSSR count). The van der Waals surface area contributed by atoms with E-state index in [0.29, 0.717) is 22.8 Å². The zero-order valence-corrected chi connectivity index (χ0v) is 14.7. The molecule has 1 amide bonds. The first-order valence-electron chi connectivity index (χ1n) is 8.12. The third-order valence-corrected chi connectivity index (χ3v) is 5.24. The van der Waals surface area contributed by atoms with Gasteiger partial charge in [0.15, 0.2) is 5.16 Å². The van der Waals surface area contributed by atoms with Crippen LogP contribution in [0, 0.1) is 6.92 Å². The third kappa shape index (κ3) is 3.19. The van der Waals surface area contributed by atoms with Crippen molar-refractivity contribution in [3.05, 3.63) is 34.5 Å². The highest BCUT2D eigenvalue weighted by Crippen LogP contribution is 2.39. The molecule has 9 heteroatoms. The molecule has 1 aliphatic carbocycles. The van der Waals surface area contributed by atoms with Gasteiger partial charge >= 0.3 is 5.69 Å². The Morgan fingerprint density at radius 3 is 2.84 bits per heavy atom. The van der Waals surface area contributed by atoms with Gasteiger partial charge in [0.1, 0.15) is 5.82 Å². The molecule has 3 N–H and O–H groups in total. The number of carbonyl (C=O) groups excluding carboxylic acids is 1. The molecule has 3 aromatic rings. The maximum Gasteiger partial charge on any atom is 0.323 e. The molecule has 1 saturated carbocycles. The number of amides is 1. The van der Waals surface area contributed by atoms with Crippen LogP contribution in [0.25, 0.3) is 11.0 Å². The molecular formula is C16H18N6O2S. The van der Waals surface area contributed by atoms with Crippen LogP contribution in [0.3, 0.4) is 0 Å². The van der Waals surface area contributed by atoms with Crippen molar-refractivity contribution in [3.8, 4) is 0 Å². The van der Waals surface area contributed by atoms with Crippen molar-refractivity contribution < 1.29 is 4.79 Å². The zero-order chi connectivity index (χ0) is 17.6. The first-order valence-corrected chi connectivity index (χ1v) is 9.00. The summed E-state index contributed by atoms with van der Waals surface area (Å²) >= 11 is 1.41. The Labute approximate surface area is 147 Å². The molecule has 0 bridgehead atoms. The summed E-state index contributed by atoms with van der Waals surface area (Å²) in [5, 5.41) is 11.7. The molecule has 1 aromatic carbocycles. The molecular weight excluding hydrogens is 340 g/mol. The lowest BCUT2D eigenvalue weighted by molar-refractivity contribution is -0.115. The van der Waals surface area contributed by atoms with E-state index in [0.717, 1.165) is 23.8 Å². The first-order chi connectivity index (χ1) is 12.0. The Balaban J connectivity index is 1.47. The van der Waals surface area contributed by atoms with Crippen LogP contribution in [0.1, 0.15) is 31.6 Å². The number of aromatic nitrogens is 5. The molecule has 2 aromatic heterocycles. The van der Waals surface area contributed by atoms with Gasteiger partial charge in [0.2, 0.25) is 5.91 Å². The van der Waals surface area contributed by atoms with Crippen molar-refractivity contribution in [3.63, 3.8) is 0 Å². The van der Waals surface area contributed by atoms with Crippen molar-refractivity contribution in [2.24, 2.45) is 0 Å². The van der Waals surface area contributed by atoms with Gasteiger partial charge < -0.3 is 19.9 Å². The molecule has 1 aliphatic rings. The normalized spacial score (nSPS) is 15.4. The molecule has 0 unspecified atom stereocenters. The molecule has 130 valence electrons. The summed E-state index contributed by atoms with van der Waals surface area (Å²) < 4.78 is 2.12.